The number of nitrogens with zero attached hydrogens (tertiary/aromatic N) is 4. The molecule has 0 aromatic carbocycles. The molecule has 1 spiro atoms. The highest BCUT2D eigenvalue weighted by Crippen LogP contribution is 2.43. The monoisotopic (exact) mass is 372 g/mol. The third-order valence-corrected chi connectivity index (χ3v) is 6.92. The summed E-state index contributed by atoms with van der Waals surface area (Å²) in [5, 5.41) is 0. The van der Waals surface area contributed by atoms with Crippen molar-refractivity contribution in [2.24, 2.45) is 5.41 Å². The second-order valence-corrected chi connectivity index (χ2v) is 8.47. The molecule has 6 heteroatoms. The first-order valence-electron chi connectivity index (χ1n) is 10.5. The number of likely N-dealkylation sites (tertiary alicyclic amines) is 1. The molecule has 2 aliphatic heterocycles. The van der Waals surface area contributed by atoms with Gasteiger partial charge in [-0.05, 0) is 56.9 Å². The fraction of sp³-hybridized carbons (Fsp3) is 0.762. The summed E-state index contributed by atoms with van der Waals surface area (Å²) in [6.45, 7) is 4.73. The minimum atomic E-state index is -0.233. The lowest BCUT2D eigenvalue weighted by Crippen LogP contribution is -2.50. The summed E-state index contributed by atoms with van der Waals surface area (Å²) in [5.41, 5.74) is 0.920. The largest absolute Gasteiger partial charge is 0.381 e. The minimum absolute atomic E-state index is 0.233. The number of hydrogen-bond acceptors (Lipinski definition) is 5. The van der Waals surface area contributed by atoms with Crippen molar-refractivity contribution in [3.8, 4) is 0 Å². The van der Waals surface area contributed by atoms with E-state index in [1.165, 1.54) is 0 Å². The topological polar surface area (TPSA) is 58.6 Å². The number of anilines is 1. The molecule has 1 saturated carbocycles. The van der Waals surface area contributed by atoms with Gasteiger partial charge in [0.25, 0.3) is 0 Å². The van der Waals surface area contributed by atoms with Crippen LogP contribution in [0.3, 0.4) is 0 Å². The predicted molar refractivity (Wildman–Crippen MR) is 105 cm³/mol. The van der Waals surface area contributed by atoms with Gasteiger partial charge in [-0.2, -0.15) is 0 Å². The van der Waals surface area contributed by atoms with E-state index in [0.717, 1.165) is 82.5 Å². The normalized spacial score (nSPS) is 31.7. The van der Waals surface area contributed by atoms with Crippen LogP contribution in [0.4, 0.5) is 5.95 Å². The van der Waals surface area contributed by atoms with Gasteiger partial charge in [0.2, 0.25) is 11.9 Å². The van der Waals surface area contributed by atoms with Crippen LogP contribution < -0.4 is 4.90 Å². The van der Waals surface area contributed by atoms with E-state index < -0.39 is 0 Å². The smallest absolute Gasteiger partial charge is 0.230 e. The van der Waals surface area contributed by atoms with Crippen LogP contribution in [0, 0.1) is 5.41 Å². The summed E-state index contributed by atoms with van der Waals surface area (Å²) in [5.74, 6) is 1.15. The molecule has 1 aliphatic carbocycles. The van der Waals surface area contributed by atoms with E-state index in [1.54, 1.807) is 7.11 Å². The van der Waals surface area contributed by atoms with Crippen LogP contribution in [-0.2, 0) is 16.0 Å². The van der Waals surface area contributed by atoms with Crippen molar-refractivity contribution in [3.05, 3.63) is 18.0 Å². The number of piperidine rings is 1. The Labute approximate surface area is 162 Å². The fourth-order valence-corrected chi connectivity index (χ4v) is 5.16. The van der Waals surface area contributed by atoms with E-state index in [-0.39, 0.29) is 5.41 Å². The number of amides is 1. The van der Waals surface area contributed by atoms with Crippen molar-refractivity contribution in [2.75, 3.05) is 31.6 Å². The maximum absolute atomic E-state index is 13.4. The standard InChI is InChI=1S/C21H32N4O2/c1-3-16-13-22-20(23-14-16)24-11-4-9-21(15-24)10-12-25(19(21)26)17-5-7-18(27-2)8-6-17/h13-14,17-18H,3-12,15H2,1-2H3/t17-,18-,21-/m0/s1. The molecule has 4 rings (SSSR count). The van der Waals surface area contributed by atoms with Gasteiger partial charge >= 0.3 is 0 Å². The maximum atomic E-state index is 13.4. The number of methoxy groups -OCH3 is 1. The molecule has 0 N–H and O–H groups in total. The van der Waals surface area contributed by atoms with Crippen molar-refractivity contribution in [3.63, 3.8) is 0 Å². The Morgan fingerprint density at radius 1 is 1.15 bits per heavy atom. The molecule has 3 aliphatic rings. The second kappa shape index (κ2) is 7.74. The molecule has 0 unspecified atom stereocenters. The van der Waals surface area contributed by atoms with Crippen LogP contribution in [0.15, 0.2) is 12.4 Å². The van der Waals surface area contributed by atoms with E-state index in [4.69, 9.17) is 4.74 Å². The Hall–Kier alpha value is -1.69. The zero-order valence-corrected chi connectivity index (χ0v) is 16.7. The van der Waals surface area contributed by atoms with E-state index >= 15 is 0 Å². The summed E-state index contributed by atoms with van der Waals surface area (Å²) in [4.78, 5) is 27.0. The molecule has 3 fully saturated rings. The molecular weight excluding hydrogens is 340 g/mol. The lowest BCUT2D eigenvalue weighted by Gasteiger charge is -2.40. The molecule has 3 heterocycles. The van der Waals surface area contributed by atoms with Gasteiger partial charge in [0.15, 0.2) is 0 Å². The Morgan fingerprint density at radius 2 is 1.89 bits per heavy atom. The number of rotatable bonds is 4. The van der Waals surface area contributed by atoms with E-state index in [0.29, 0.717) is 18.1 Å². The summed E-state index contributed by atoms with van der Waals surface area (Å²) in [7, 11) is 1.80. The average molecular weight is 373 g/mol. The summed E-state index contributed by atoms with van der Waals surface area (Å²) in [6.07, 6.45) is 12.5. The second-order valence-electron chi connectivity index (χ2n) is 8.47. The molecule has 1 aromatic heterocycles. The zero-order chi connectivity index (χ0) is 18.9. The number of carbonyl (C=O) groups excluding carboxylic acids is 1. The van der Waals surface area contributed by atoms with Gasteiger partial charge in [0.1, 0.15) is 0 Å². The van der Waals surface area contributed by atoms with Gasteiger partial charge in [-0.1, -0.05) is 6.92 Å². The van der Waals surface area contributed by atoms with Crippen LogP contribution in [0.1, 0.15) is 57.4 Å². The lowest BCUT2D eigenvalue weighted by atomic mass is 9.78. The van der Waals surface area contributed by atoms with Crippen LogP contribution in [0.25, 0.3) is 0 Å². The molecular formula is C21H32N4O2. The summed E-state index contributed by atoms with van der Waals surface area (Å²) < 4.78 is 5.49. The van der Waals surface area contributed by atoms with E-state index in [9.17, 15) is 4.79 Å². The van der Waals surface area contributed by atoms with Gasteiger partial charge < -0.3 is 14.5 Å². The Kier molecular flexibility index (Phi) is 5.35. The van der Waals surface area contributed by atoms with Crippen molar-refractivity contribution < 1.29 is 9.53 Å². The third-order valence-electron chi connectivity index (χ3n) is 6.92. The number of hydrogen-bond donors (Lipinski definition) is 0. The lowest BCUT2D eigenvalue weighted by molar-refractivity contribution is -0.139. The van der Waals surface area contributed by atoms with Crippen LogP contribution in [0.5, 0.6) is 0 Å². The van der Waals surface area contributed by atoms with Crippen LogP contribution in [0.2, 0.25) is 0 Å². The molecule has 1 aromatic rings. The Bertz CT molecular complexity index is 657. The molecule has 148 valence electrons. The summed E-state index contributed by atoms with van der Waals surface area (Å²) >= 11 is 0. The summed E-state index contributed by atoms with van der Waals surface area (Å²) in [6, 6.07) is 0.402. The molecule has 0 bridgehead atoms. The SMILES string of the molecule is CCc1cnc(N2CCC[C@]3(CCN([C@H]4CC[C@H](OC)CC4)C3=O)C2)nc1. The first-order chi connectivity index (χ1) is 13.1. The molecule has 2 saturated heterocycles. The highest BCUT2D eigenvalue weighted by molar-refractivity contribution is 5.86. The molecule has 0 radical (unpaired) electrons. The number of aryl methyl sites for hydroxylation is 1. The molecule has 6 nitrogen and oxygen atoms in total. The van der Waals surface area contributed by atoms with Gasteiger partial charge in [-0.25, -0.2) is 9.97 Å². The highest BCUT2D eigenvalue weighted by Gasteiger charge is 2.51. The van der Waals surface area contributed by atoms with Crippen LogP contribution >= 0.6 is 0 Å². The van der Waals surface area contributed by atoms with Crippen molar-refractivity contribution in [2.45, 2.75) is 70.4 Å². The van der Waals surface area contributed by atoms with Gasteiger partial charge in [-0.3, -0.25) is 4.79 Å². The number of ether oxygens (including phenoxy) is 1. The van der Waals surface area contributed by atoms with Gasteiger partial charge in [0.05, 0.1) is 11.5 Å². The molecule has 1 atom stereocenters. The zero-order valence-electron chi connectivity index (χ0n) is 16.7. The Balaban J connectivity index is 1.44. The van der Waals surface area contributed by atoms with Crippen molar-refractivity contribution in [1.29, 1.82) is 0 Å². The van der Waals surface area contributed by atoms with Gasteiger partial charge in [-0.15, -0.1) is 0 Å². The predicted octanol–water partition coefficient (Wildman–Crippen LogP) is 2.82. The fourth-order valence-electron chi connectivity index (χ4n) is 5.16. The van der Waals surface area contributed by atoms with E-state index in [1.807, 2.05) is 12.4 Å². The Morgan fingerprint density at radius 3 is 2.56 bits per heavy atom. The number of carbonyl (C=O) groups is 1. The highest BCUT2D eigenvalue weighted by atomic mass is 16.5. The average Bonchev–Trinajstić information content (AvgIpc) is 3.04. The molecule has 27 heavy (non-hydrogen) atoms. The minimum Gasteiger partial charge on any atom is -0.381 e. The number of aromatic nitrogens is 2. The van der Waals surface area contributed by atoms with Crippen molar-refractivity contribution in [1.82, 2.24) is 14.9 Å². The van der Waals surface area contributed by atoms with Crippen molar-refractivity contribution >= 4 is 11.9 Å². The first-order valence-corrected chi connectivity index (χ1v) is 10.5. The van der Waals surface area contributed by atoms with Crippen LogP contribution in [-0.4, -0.2) is 59.7 Å². The van der Waals surface area contributed by atoms with Gasteiger partial charge in [0, 0.05) is 45.2 Å². The first kappa shape index (κ1) is 18.7. The van der Waals surface area contributed by atoms with E-state index in [2.05, 4.69) is 26.7 Å². The molecule has 1 amide bonds. The quantitative estimate of drug-likeness (QED) is 0.813. The maximum Gasteiger partial charge on any atom is 0.230 e. The third kappa shape index (κ3) is 3.56.